The second-order valence-corrected chi connectivity index (χ2v) is 5.98. The first-order valence-corrected chi connectivity index (χ1v) is 7.70. The van der Waals surface area contributed by atoms with Gasteiger partial charge in [0.2, 0.25) is 0 Å². The van der Waals surface area contributed by atoms with E-state index < -0.39 is 0 Å². The molecule has 2 aromatic heterocycles. The van der Waals surface area contributed by atoms with Crippen molar-refractivity contribution in [3.05, 3.63) is 72.4 Å². The van der Waals surface area contributed by atoms with Crippen LogP contribution in [-0.2, 0) is 0 Å². The molecule has 0 N–H and O–H groups in total. The molecule has 0 spiro atoms. The predicted molar refractivity (Wildman–Crippen MR) is 92.7 cm³/mol. The molecule has 0 aliphatic heterocycles. The molecule has 0 unspecified atom stereocenters. The van der Waals surface area contributed by atoms with Gasteiger partial charge in [-0.1, -0.05) is 44.2 Å². The summed E-state index contributed by atoms with van der Waals surface area (Å²) < 4.78 is 2.26. The first kappa shape index (κ1) is 13.1. The summed E-state index contributed by atoms with van der Waals surface area (Å²) in [5.41, 5.74) is 4.75. The van der Waals surface area contributed by atoms with Crippen LogP contribution < -0.4 is 0 Å². The molecule has 0 radical (unpaired) electrons. The highest BCUT2D eigenvalue weighted by Gasteiger charge is 2.12. The maximum absolute atomic E-state index is 4.63. The zero-order valence-corrected chi connectivity index (χ0v) is 12.8. The SMILES string of the molecule is CC(C)c1cccc(-n2c3ccccc3c3cccnc32)c1. The maximum atomic E-state index is 4.63. The largest absolute Gasteiger partial charge is 0.294 e. The summed E-state index contributed by atoms with van der Waals surface area (Å²) >= 11 is 0. The van der Waals surface area contributed by atoms with Crippen LogP contribution in [0.3, 0.4) is 0 Å². The fraction of sp³-hybridized carbons (Fsp3) is 0.150. The summed E-state index contributed by atoms with van der Waals surface area (Å²) in [5.74, 6) is 0.515. The first-order valence-electron chi connectivity index (χ1n) is 7.70. The van der Waals surface area contributed by atoms with Crippen LogP contribution in [0, 0.1) is 0 Å². The van der Waals surface area contributed by atoms with E-state index >= 15 is 0 Å². The highest BCUT2D eigenvalue weighted by atomic mass is 15.0. The van der Waals surface area contributed by atoms with Gasteiger partial charge < -0.3 is 0 Å². The van der Waals surface area contributed by atoms with Crippen LogP contribution >= 0.6 is 0 Å². The van der Waals surface area contributed by atoms with E-state index in [-0.39, 0.29) is 0 Å². The van der Waals surface area contributed by atoms with Crippen LogP contribution in [-0.4, -0.2) is 9.55 Å². The lowest BCUT2D eigenvalue weighted by Crippen LogP contribution is -1.97. The zero-order valence-electron chi connectivity index (χ0n) is 12.8. The van der Waals surface area contributed by atoms with Crippen molar-refractivity contribution in [2.45, 2.75) is 19.8 Å². The minimum atomic E-state index is 0.515. The Labute approximate surface area is 130 Å². The molecule has 2 heteroatoms. The molecular formula is C20H18N2. The zero-order chi connectivity index (χ0) is 15.1. The van der Waals surface area contributed by atoms with Crippen molar-refractivity contribution < 1.29 is 0 Å². The first-order chi connectivity index (χ1) is 10.8. The summed E-state index contributed by atoms with van der Waals surface area (Å²) in [4.78, 5) is 4.63. The lowest BCUT2D eigenvalue weighted by Gasteiger charge is -2.11. The fourth-order valence-corrected chi connectivity index (χ4v) is 3.08. The molecule has 4 rings (SSSR count). The third-order valence-electron chi connectivity index (χ3n) is 4.23. The van der Waals surface area contributed by atoms with Crippen LogP contribution in [0.4, 0.5) is 0 Å². The number of rotatable bonds is 2. The molecule has 0 aliphatic carbocycles. The fourth-order valence-electron chi connectivity index (χ4n) is 3.08. The molecule has 0 amide bonds. The van der Waals surface area contributed by atoms with Gasteiger partial charge in [-0.3, -0.25) is 4.57 Å². The molecule has 0 bridgehead atoms. The van der Waals surface area contributed by atoms with E-state index in [1.807, 2.05) is 12.3 Å². The summed E-state index contributed by atoms with van der Waals surface area (Å²) in [7, 11) is 0. The molecule has 0 saturated carbocycles. The molecule has 0 aliphatic rings. The number of para-hydroxylation sites is 1. The lowest BCUT2D eigenvalue weighted by atomic mass is 10.0. The number of benzene rings is 2. The van der Waals surface area contributed by atoms with E-state index in [1.54, 1.807) is 0 Å². The van der Waals surface area contributed by atoms with Crippen molar-refractivity contribution in [3.63, 3.8) is 0 Å². The van der Waals surface area contributed by atoms with Crippen molar-refractivity contribution in [1.29, 1.82) is 0 Å². The number of hydrogen-bond acceptors (Lipinski definition) is 1. The summed E-state index contributed by atoms with van der Waals surface area (Å²) in [5, 5.41) is 2.45. The Hall–Kier alpha value is -2.61. The molecule has 0 fully saturated rings. The van der Waals surface area contributed by atoms with Gasteiger partial charge in [0.15, 0.2) is 0 Å². The van der Waals surface area contributed by atoms with Crippen LogP contribution in [0.5, 0.6) is 0 Å². The van der Waals surface area contributed by atoms with Crippen molar-refractivity contribution in [2.75, 3.05) is 0 Å². The van der Waals surface area contributed by atoms with E-state index in [4.69, 9.17) is 0 Å². The van der Waals surface area contributed by atoms with Gasteiger partial charge in [-0.05, 0) is 41.8 Å². The molecule has 2 aromatic carbocycles. The molecule has 0 atom stereocenters. The number of nitrogens with zero attached hydrogens (tertiary/aromatic N) is 2. The second-order valence-electron chi connectivity index (χ2n) is 5.98. The second kappa shape index (κ2) is 4.99. The summed E-state index contributed by atoms with van der Waals surface area (Å²) in [6, 6.07) is 21.4. The monoisotopic (exact) mass is 286 g/mol. The predicted octanol–water partition coefficient (Wildman–Crippen LogP) is 5.30. The Kier molecular flexibility index (Phi) is 2.97. The maximum Gasteiger partial charge on any atom is 0.145 e. The van der Waals surface area contributed by atoms with Crippen molar-refractivity contribution in [1.82, 2.24) is 9.55 Å². The van der Waals surface area contributed by atoms with E-state index in [1.165, 1.54) is 27.5 Å². The van der Waals surface area contributed by atoms with Crippen LogP contribution in [0.25, 0.3) is 27.6 Å². The van der Waals surface area contributed by atoms with Gasteiger partial charge in [-0.15, -0.1) is 0 Å². The van der Waals surface area contributed by atoms with Gasteiger partial charge in [0, 0.05) is 22.7 Å². The van der Waals surface area contributed by atoms with Gasteiger partial charge in [0.25, 0.3) is 0 Å². The Bertz CT molecular complexity index is 910. The number of hydrogen-bond donors (Lipinski definition) is 0. The molecule has 108 valence electrons. The minimum absolute atomic E-state index is 0.515. The smallest absolute Gasteiger partial charge is 0.145 e. The highest BCUT2D eigenvalue weighted by Crippen LogP contribution is 2.31. The van der Waals surface area contributed by atoms with E-state index in [9.17, 15) is 0 Å². The third kappa shape index (κ3) is 1.92. The third-order valence-corrected chi connectivity index (χ3v) is 4.23. The van der Waals surface area contributed by atoms with Crippen molar-refractivity contribution >= 4 is 21.9 Å². The molecule has 0 saturated heterocycles. The molecule has 2 heterocycles. The average molecular weight is 286 g/mol. The number of aromatic nitrogens is 2. The quantitative estimate of drug-likeness (QED) is 0.489. The van der Waals surface area contributed by atoms with Gasteiger partial charge in [0.1, 0.15) is 5.65 Å². The standard InChI is InChI=1S/C20H18N2/c1-14(2)15-7-5-8-16(13-15)22-19-11-4-3-9-17(19)18-10-6-12-21-20(18)22/h3-14H,1-2H3. The van der Waals surface area contributed by atoms with Crippen LogP contribution in [0.2, 0.25) is 0 Å². The van der Waals surface area contributed by atoms with Crippen LogP contribution in [0.15, 0.2) is 66.9 Å². The van der Waals surface area contributed by atoms with E-state index in [2.05, 4.69) is 78.0 Å². The molecule has 22 heavy (non-hydrogen) atoms. The van der Waals surface area contributed by atoms with E-state index in [0.717, 1.165) is 5.65 Å². The normalized spacial score (nSPS) is 11.6. The summed E-state index contributed by atoms with van der Waals surface area (Å²) in [6.07, 6.45) is 1.87. The lowest BCUT2D eigenvalue weighted by molar-refractivity contribution is 0.864. The Morgan fingerprint density at radius 3 is 2.55 bits per heavy atom. The molecule has 2 nitrogen and oxygen atoms in total. The Morgan fingerprint density at radius 2 is 1.68 bits per heavy atom. The Balaban J connectivity index is 2.11. The van der Waals surface area contributed by atoms with E-state index in [0.29, 0.717) is 5.92 Å². The Morgan fingerprint density at radius 1 is 0.864 bits per heavy atom. The topological polar surface area (TPSA) is 17.8 Å². The van der Waals surface area contributed by atoms with Gasteiger partial charge in [-0.2, -0.15) is 0 Å². The minimum Gasteiger partial charge on any atom is -0.294 e. The van der Waals surface area contributed by atoms with Gasteiger partial charge in [0.05, 0.1) is 5.52 Å². The van der Waals surface area contributed by atoms with Gasteiger partial charge >= 0.3 is 0 Å². The van der Waals surface area contributed by atoms with Crippen molar-refractivity contribution in [2.24, 2.45) is 0 Å². The highest BCUT2D eigenvalue weighted by molar-refractivity contribution is 6.07. The van der Waals surface area contributed by atoms with Crippen molar-refractivity contribution in [3.8, 4) is 5.69 Å². The number of fused-ring (bicyclic) bond motifs is 3. The van der Waals surface area contributed by atoms with Gasteiger partial charge in [-0.25, -0.2) is 4.98 Å². The summed E-state index contributed by atoms with van der Waals surface area (Å²) in [6.45, 7) is 4.45. The molecule has 4 aromatic rings. The van der Waals surface area contributed by atoms with Crippen LogP contribution in [0.1, 0.15) is 25.3 Å². The molecular weight excluding hydrogens is 268 g/mol. The average Bonchev–Trinajstić information content (AvgIpc) is 2.89. The number of pyridine rings is 1.